The van der Waals surface area contributed by atoms with Gasteiger partial charge in [0.05, 0.1) is 0 Å². The molecule has 0 unspecified atom stereocenters. The van der Waals surface area contributed by atoms with Crippen molar-refractivity contribution in [2.75, 3.05) is 29.9 Å². The topological polar surface area (TPSA) is 44.4 Å². The highest BCUT2D eigenvalue weighted by molar-refractivity contribution is 5.91. The summed E-state index contributed by atoms with van der Waals surface area (Å²) >= 11 is 0. The molecule has 0 aliphatic carbocycles. The van der Waals surface area contributed by atoms with E-state index in [-0.39, 0.29) is 11.7 Å². The Morgan fingerprint density at radius 2 is 1.73 bits per heavy atom. The molecule has 26 heavy (non-hydrogen) atoms. The molecule has 0 spiro atoms. The van der Waals surface area contributed by atoms with Gasteiger partial charge in [0.2, 0.25) is 5.91 Å². The molecule has 1 aliphatic heterocycles. The Kier molecular flexibility index (Phi) is 6.61. The van der Waals surface area contributed by atoms with Gasteiger partial charge in [-0.05, 0) is 49.6 Å². The monoisotopic (exact) mass is 355 g/mol. The molecular weight excluding hydrogens is 329 g/mol. The SMILES string of the molecule is O=C(CCNCc1ccccc1F)Nc1ccc(N2CCCCC2)cc1. The van der Waals surface area contributed by atoms with E-state index in [0.717, 1.165) is 18.8 Å². The summed E-state index contributed by atoms with van der Waals surface area (Å²) in [6.07, 6.45) is 4.16. The zero-order valence-corrected chi connectivity index (χ0v) is 15.0. The normalized spacial score (nSPS) is 14.3. The van der Waals surface area contributed by atoms with Crippen LogP contribution in [0.2, 0.25) is 0 Å². The van der Waals surface area contributed by atoms with Gasteiger partial charge in [-0.2, -0.15) is 0 Å². The smallest absolute Gasteiger partial charge is 0.225 e. The van der Waals surface area contributed by atoms with Crippen molar-refractivity contribution in [1.29, 1.82) is 0 Å². The fourth-order valence-electron chi connectivity index (χ4n) is 3.20. The molecule has 2 N–H and O–H groups in total. The second-order valence-electron chi connectivity index (χ2n) is 6.66. The molecule has 0 atom stereocenters. The van der Waals surface area contributed by atoms with Gasteiger partial charge in [-0.15, -0.1) is 0 Å². The number of hydrogen-bond donors (Lipinski definition) is 2. The summed E-state index contributed by atoms with van der Waals surface area (Å²) in [5.74, 6) is -0.269. The third-order valence-electron chi connectivity index (χ3n) is 4.67. The molecular formula is C21H26FN3O. The Hall–Kier alpha value is -2.40. The molecule has 1 heterocycles. The van der Waals surface area contributed by atoms with Crippen LogP contribution in [0.4, 0.5) is 15.8 Å². The quantitative estimate of drug-likeness (QED) is 0.740. The molecule has 1 fully saturated rings. The number of nitrogens with one attached hydrogen (secondary N) is 2. The van der Waals surface area contributed by atoms with Crippen LogP contribution in [0.3, 0.4) is 0 Å². The number of benzene rings is 2. The second kappa shape index (κ2) is 9.34. The number of carbonyl (C=O) groups excluding carboxylic acids is 1. The third-order valence-corrected chi connectivity index (χ3v) is 4.67. The lowest BCUT2D eigenvalue weighted by molar-refractivity contribution is -0.116. The minimum absolute atomic E-state index is 0.0447. The van der Waals surface area contributed by atoms with Crippen LogP contribution < -0.4 is 15.5 Å². The first-order valence-corrected chi connectivity index (χ1v) is 9.31. The molecule has 2 aromatic carbocycles. The first-order chi connectivity index (χ1) is 12.7. The van der Waals surface area contributed by atoms with Gasteiger partial charge in [0.25, 0.3) is 0 Å². The van der Waals surface area contributed by atoms with Gasteiger partial charge in [-0.1, -0.05) is 18.2 Å². The van der Waals surface area contributed by atoms with Crippen molar-refractivity contribution in [1.82, 2.24) is 5.32 Å². The first-order valence-electron chi connectivity index (χ1n) is 9.31. The second-order valence-corrected chi connectivity index (χ2v) is 6.66. The number of hydrogen-bond acceptors (Lipinski definition) is 3. The maximum atomic E-state index is 13.5. The maximum absolute atomic E-state index is 13.5. The number of anilines is 2. The van der Waals surface area contributed by atoms with Gasteiger partial charge in [-0.25, -0.2) is 4.39 Å². The van der Waals surface area contributed by atoms with E-state index in [9.17, 15) is 9.18 Å². The van der Waals surface area contributed by atoms with E-state index in [1.165, 1.54) is 31.0 Å². The molecule has 3 rings (SSSR count). The van der Waals surface area contributed by atoms with Crippen LogP contribution in [0, 0.1) is 5.82 Å². The fourth-order valence-corrected chi connectivity index (χ4v) is 3.20. The molecule has 138 valence electrons. The molecule has 1 amide bonds. The Bertz CT molecular complexity index is 711. The summed E-state index contributed by atoms with van der Waals surface area (Å²) in [6, 6.07) is 14.7. The van der Waals surface area contributed by atoms with E-state index in [4.69, 9.17) is 0 Å². The highest BCUT2D eigenvalue weighted by Gasteiger charge is 2.11. The average Bonchev–Trinajstić information content (AvgIpc) is 2.68. The van der Waals surface area contributed by atoms with Crippen molar-refractivity contribution in [2.45, 2.75) is 32.2 Å². The van der Waals surface area contributed by atoms with Crippen molar-refractivity contribution in [3.8, 4) is 0 Å². The Balaban J connectivity index is 1.39. The van der Waals surface area contributed by atoms with E-state index in [1.807, 2.05) is 12.1 Å². The van der Waals surface area contributed by atoms with Crippen molar-refractivity contribution in [3.05, 3.63) is 59.9 Å². The number of piperidine rings is 1. The highest BCUT2D eigenvalue weighted by Crippen LogP contribution is 2.21. The molecule has 0 aromatic heterocycles. The van der Waals surface area contributed by atoms with Gasteiger partial charge in [0.1, 0.15) is 5.82 Å². The van der Waals surface area contributed by atoms with Crippen molar-refractivity contribution >= 4 is 17.3 Å². The molecule has 1 saturated heterocycles. The molecule has 0 bridgehead atoms. The Morgan fingerprint density at radius 3 is 2.46 bits per heavy atom. The van der Waals surface area contributed by atoms with Crippen LogP contribution in [-0.4, -0.2) is 25.5 Å². The highest BCUT2D eigenvalue weighted by atomic mass is 19.1. The van der Waals surface area contributed by atoms with Crippen LogP contribution in [0.5, 0.6) is 0 Å². The van der Waals surface area contributed by atoms with E-state index < -0.39 is 0 Å². The van der Waals surface area contributed by atoms with Gasteiger partial charge in [0.15, 0.2) is 0 Å². The number of carbonyl (C=O) groups is 1. The summed E-state index contributed by atoms with van der Waals surface area (Å²) in [4.78, 5) is 14.4. The van der Waals surface area contributed by atoms with Crippen molar-refractivity contribution in [2.24, 2.45) is 0 Å². The maximum Gasteiger partial charge on any atom is 0.225 e. The zero-order valence-electron chi connectivity index (χ0n) is 15.0. The zero-order chi connectivity index (χ0) is 18.2. The van der Waals surface area contributed by atoms with E-state index >= 15 is 0 Å². The number of rotatable bonds is 7. The van der Waals surface area contributed by atoms with Crippen molar-refractivity contribution in [3.63, 3.8) is 0 Å². The van der Waals surface area contributed by atoms with Crippen LogP contribution in [0.1, 0.15) is 31.2 Å². The molecule has 5 heteroatoms. The van der Waals surface area contributed by atoms with Crippen LogP contribution in [0.25, 0.3) is 0 Å². The summed E-state index contributed by atoms with van der Waals surface area (Å²) in [5, 5.41) is 6.01. The molecule has 2 aromatic rings. The summed E-state index contributed by atoms with van der Waals surface area (Å²) in [5.41, 5.74) is 2.64. The van der Waals surface area contributed by atoms with Crippen LogP contribution in [-0.2, 0) is 11.3 Å². The lowest BCUT2D eigenvalue weighted by atomic mass is 10.1. The molecule has 4 nitrogen and oxygen atoms in total. The number of amides is 1. The van der Waals surface area contributed by atoms with Crippen LogP contribution in [0.15, 0.2) is 48.5 Å². The van der Waals surface area contributed by atoms with Gasteiger partial charge < -0.3 is 15.5 Å². The van der Waals surface area contributed by atoms with Crippen LogP contribution >= 0.6 is 0 Å². The van der Waals surface area contributed by atoms with E-state index in [2.05, 4.69) is 27.7 Å². The lowest BCUT2D eigenvalue weighted by Crippen LogP contribution is -2.29. The fraction of sp³-hybridized carbons (Fsp3) is 0.381. The Morgan fingerprint density at radius 1 is 1.00 bits per heavy atom. The van der Waals surface area contributed by atoms with Gasteiger partial charge in [0, 0.05) is 49.5 Å². The minimum atomic E-state index is -0.224. The van der Waals surface area contributed by atoms with Crippen molar-refractivity contribution < 1.29 is 9.18 Å². The third kappa shape index (κ3) is 5.30. The van der Waals surface area contributed by atoms with Gasteiger partial charge in [-0.3, -0.25) is 4.79 Å². The predicted molar refractivity (Wildman–Crippen MR) is 104 cm³/mol. The predicted octanol–water partition coefficient (Wildman–Crippen LogP) is 3.93. The first kappa shape index (κ1) is 18.4. The number of halogens is 1. The average molecular weight is 355 g/mol. The summed E-state index contributed by atoms with van der Waals surface area (Å²) in [6.45, 7) is 3.15. The summed E-state index contributed by atoms with van der Waals surface area (Å²) in [7, 11) is 0. The van der Waals surface area contributed by atoms with E-state index in [0.29, 0.717) is 25.1 Å². The van der Waals surface area contributed by atoms with E-state index in [1.54, 1.807) is 18.2 Å². The lowest BCUT2D eigenvalue weighted by Gasteiger charge is -2.28. The number of nitrogens with zero attached hydrogens (tertiary/aromatic N) is 1. The molecule has 0 radical (unpaired) electrons. The molecule has 1 aliphatic rings. The van der Waals surface area contributed by atoms with Gasteiger partial charge >= 0.3 is 0 Å². The Labute approximate surface area is 154 Å². The largest absolute Gasteiger partial charge is 0.372 e. The summed E-state index contributed by atoms with van der Waals surface area (Å²) < 4.78 is 13.5. The standard InChI is InChI=1S/C21H26FN3O/c22-20-7-3-2-6-17(20)16-23-13-12-21(26)24-18-8-10-19(11-9-18)25-14-4-1-5-15-25/h2-3,6-11,23H,1,4-5,12-16H2,(H,24,26). The minimum Gasteiger partial charge on any atom is -0.372 e. The molecule has 0 saturated carbocycles.